The maximum Gasteiger partial charge on any atom is 0.119 e. The van der Waals surface area contributed by atoms with Gasteiger partial charge in [-0.2, -0.15) is 0 Å². The Morgan fingerprint density at radius 3 is 2.31 bits per heavy atom. The van der Waals surface area contributed by atoms with Crippen LogP contribution < -0.4 is 15.2 Å². The van der Waals surface area contributed by atoms with E-state index in [9.17, 15) is 0 Å². The Labute approximate surface area is 156 Å². The molecule has 0 atom stereocenters. The quantitative estimate of drug-likeness (QED) is 0.563. The van der Waals surface area contributed by atoms with Gasteiger partial charge in [0.15, 0.2) is 0 Å². The van der Waals surface area contributed by atoms with Crippen LogP contribution in [-0.2, 0) is 4.74 Å². The predicted molar refractivity (Wildman–Crippen MR) is 110 cm³/mol. The van der Waals surface area contributed by atoms with Crippen LogP contribution >= 0.6 is 0 Å². The number of hydrogen-bond donors (Lipinski definition) is 0. The van der Waals surface area contributed by atoms with E-state index in [0.717, 1.165) is 41.5 Å². The molecule has 0 bridgehead atoms. The molecule has 0 amide bonds. The summed E-state index contributed by atoms with van der Waals surface area (Å²) in [5, 5.41) is 2.31. The lowest BCUT2D eigenvalue weighted by molar-refractivity contribution is 0.184. The van der Waals surface area contributed by atoms with E-state index in [2.05, 4.69) is 36.6 Å². The summed E-state index contributed by atoms with van der Waals surface area (Å²) in [6.45, 7) is 7.29. The molecule has 0 aliphatic carbocycles. The molecule has 2 aromatic rings. The van der Waals surface area contributed by atoms with E-state index >= 15 is 0 Å². The minimum absolute atomic E-state index is 0.706. The van der Waals surface area contributed by atoms with Gasteiger partial charge >= 0.3 is 0 Å². The zero-order valence-electron chi connectivity index (χ0n) is 15.6. The fourth-order valence-corrected chi connectivity index (χ4v) is 2.50. The lowest BCUT2D eigenvalue weighted by atomic mass is 10.1. The van der Waals surface area contributed by atoms with Gasteiger partial charge in [-0.3, -0.25) is 0 Å². The molecule has 0 aliphatic heterocycles. The second-order valence-corrected chi connectivity index (χ2v) is 5.86. The average molecular weight is 346 g/mol. The van der Waals surface area contributed by atoms with Gasteiger partial charge < -0.3 is 9.47 Å². The van der Waals surface area contributed by atoms with Crippen molar-refractivity contribution < 1.29 is 9.47 Å². The van der Waals surface area contributed by atoms with Gasteiger partial charge in [-0.05, 0) is 66.6 Å². The van der Waals surface area contributed by atoms with Crippen LogP contribution in [0.15, 0.2) is 55.1 Å². The normalized spacial score (nSPS) is 11.8. The first-order valence-corrected chi connectivity index (χ1v) is 8.90. The first-order valence-electron chi connectivity index (χ1n) is 8.90. The van der Waals surface area contributed by atoms with Crippen LogP contribution in [0.3, 0.4) is 0 Å². The topological polar surface area (TPSA) is 18.5 Å². The summed E-state index contributed by atoms with van der Waals surface area (Å²) < 4.78 is 10.7. The fourth-order valence-electron chi connectivity index (χ4n) is 2.50. The van der Waals surface area contributed by atoms with Crippen LogP contribution in [0.5, 0.6) is 5.75 Å². The van der Waals surface area contributed by atoms with Gasteiger partial charge in [-0.1, -0.05) is 42.7 Å². The van der Waals surface area contributed by atoms with Crippen molar-refractivity contribution in [2.24, 2.45) is 0 Å². The summed E-state index contributed by atoms with van der Waals surface area (Å²) in [6.07, 6.45) is 7.89. The SMILES string of the molecule is C=C/C=c1/cc(C#Cc2ccc(OCCCCOC)cc2)cc/c1=C/C. The summed E-state index contributed by atoms with van der Waals surface area (Å²) >= 11 is 0. The summed E-state index contributed by atoms with van der Waals surface area (Å²) in [6, 6.07) is 14.1. The zero-order chi connectivity index (χ0) is 18.6. The summed E-state index contributed by atoms with van der Waals surface area (Å²) in [5.74, 6) is 7.30. The van der Waals surface area contributed by atoms with E-state index in [1.54, 1.807) is 13.2 Å². The molecule has 2 rings (SSSR count). The maximum absolute atomic E-state index is 5.72. The Balaban J connectivity index is 2.03. The third kappa shape index (κ3) is 6.27. The van der Waals surface area contributed by atoms with Crippen molar-refractivity contribution in [3.05, 3.63) is 76.7 Å². The van der Waals surface area contributed by atoms with Crippen molar-refractivity contribution in [3.8, 4) is 17.6 Å². The Hall–Kier alpha value is -2.76. The maximum atomic E-state index is 5.72. The van der Waals surface area contributed by atoms with E-state index in [1.807, 2.05) is 43.3 Å². The van der Waals surface area contributed by atoms with Crippen molar-refractivity contribution in [1.29, 1.82) is 0 Å². The summed E-state index contributed by atoms with van der Waals surface area (Å²) in [5.41, 5.74) is 1.96. The van der Waals surface area contributed by atoms with Crippen LogP contribution in [0.4, 0.5) is 0 Å². The number of benzene rings is 2. The molecule has 0 heterocycles. The molecule has 0 saturated heterocycles. The highest BCUT2D eigenvalue weighted by Gasteiger charge is 1.95. The molecule has 0 unspecified atom stereocenters. The first kappa shape index (κ1) is 19.6. The van der Waals surface area contributed by atoms with Crippen LogP contribution in [0.2, 0.25) is 0 Å². The standard InChI is InChI=1S/C24H26O2/c1-4-8-23-19-21(11-14-22(23)5-2)10-9-20-12-15-24(16-13-20)26-18-7-6-17-25-3/h4-5,8,11-16,19H,1,6-7,17-18H2,2-3H3/b22-5-,23-8-. The second kappa shape index (κ2) is 11.0. The van der Waals surface area contributed by atoms with Crippen LogP contribution in [0, 0.1) is 11.8 Å². The third-order valence-corrected chi connectivity index (χ3v) is 3.91. The molecular weight excluding hydrogens is 320 g/mol. The molecule has 134 valence electrons. The monoisotopic (exact) mass is 346 g/mol. The molecule has 0 fully saturated rings. The number of hydrogen-bond acceptors (Lipinski definition) is 2. The molecule has 0 saturated carbocycles. The van der Waals surface area contributed by atoms with Crippen molar-refractivity contribution >= 4 is 12.2 Å². The van der Waals surface area contributed by atoms with Gasteiger partial charge in [0.2, 0.25) is 0 Å². The smallest absolute Gasteiger partial charge is 0.119 e. The van der Waals surface area contributed by atoms with Crippen LogP contribution in [-0.4, -0.2) is 20.3 Å². The van der Waals surface area contributed by atoms with E-state index in [4.69, 9.17) is 9.47 Å². The largest absolute Gasteiger partial charge is 0.494 e. The van der Waals surface area contributed by atoms with Gasteiger partial charge in [0.05, 0.1) is 6.61 Å². The Morgan fingerprint density at radius 1 is 0.923 bits per heavy atom. The molecule has 2 aromatic carbocycles. The van der Waals surface area contributed by atoms with Gasteiger partial charge in [-0.15, -0.1) is 0 Å². The number of allylic oxidation sites excluding steroid dienone is 1. The highest BCUT2D eigenvalue weighted by Crippen LogP contribution is 2.12. The van der Waals surface area contributed by atoms with E-state index in [0.29, 0.717) is 6.61 Å². The Bertz CT molecular complexity index is 881. The predicted octanol–water partition coefficient (Wildman–Crippen LogP) is 3.66. The van der Waals surface area contributed by atoms with E-state index in [1.165, 1.54) is 5.22 Å². The molecule has 26 heavy (non-hydrogen) atoms. The number of rotatable bonds is 7. The van der Waals surface area contributed by atoms with Crippen LogP contribution in [0.1, 0.15) is 30.9 Å². The van der Waals surface area contributed by atoms with Crippen molar-refractivity contribution in [2.45, 2.75) is 19.8 Å². The molecule has 0 spiro atoms. The van der Waals surface area contributed by atoms with Gasteiger partial charge in [-0.25, -0.2) is 0 Å². The molecule has 2 heteroatoms. The van der Waals surface area contributed by atoms with Crippen molar-refractivity contribution in [3.63, 3.8) is 0 Å². The number of ether oxygens (including phenoxy) is 2. The van der Waals surface area contributed by atoms with Crippen LogP contribution in [0.25, 0.3) is 12.2 Å². The highest BCUT2D eigenvalue weighted by atomic mass is 16.5. The first-order chi connectivity index (χ1) is 12.8. The third-order valence-electron chi connectivity index (χ3n) is 3.91. The summed E-state index contributed by atoms with van der Waals surface area (Å²) in [4.78, 5) is 0. The van der Waals surface area contributed by atoms with E-state index in [-0.39, 0.29) is 0 Å². The molecule has 0 aromatic heterocycles. The average Bonchev–Trinajstić information content (AvgIpc) is 2.67. The Kier molecular flexibility index (Phi) is 8.26. The second-order valence-electron chi connectivity index (χ2n) is 5.86. The molecule has 0 N–H and O–H groups in total. The summed E-state index contributed by atoms with van der Waals surface area (Å²) in [7, 11) is 1.72. The fraction of sp³-hybridized carbons (Fsp3) is 0.250. The minimum Gasteiger partial charge on any atom is -0.494 e. The molecule has 2 nitrogen and oxygen atoms in total. The Morgan fingerprint density at radius 2 is 1.62 bits per heavy atom. The lowest BCUT2D eigenvalue weighted by Gasteiger charge is -2.05. The molecule has 0 radical (unpaired) electrons. The van der Waals surface area contributed by atoms with Gasteiger partial charge in [0.25, 0.3) is 0 Å². The molecule has 0 aliphatic rings. The van der Waals surface area contributed by atoms with Crippen molar-refractivity contribution in [2.75, 3.05) is 20.3 Å². The van der Waals surface area contributed by atoms with E-state index < -0.39 is 0 Å². The minimum atomic E-state index is 0.706. The van der Waals surface area contributed by atoms with Gasteiger partial charge in [0, 0.05) is 24.8 Å². The van der Waals surface area contributed by atoms with Gasteiger partial charge in [0.1, 0.15) is 5.75 Å². The van der Waals surface area contributed by atoms with Crippen molar-refractivity contribution in [1.82, 2.24) is 0 Å². The number of methoxy groups -OCH3 is 1. The number of unbranched alkanes of at least 4 members (excludes halogenated alkanes) is 1. The zero-order valence-corrected chi connectivity index (χ0v) is 15.6. The lowest BCUT2D eigenvalue weighted by Crippen LogP contribution is -2.23. The highest BCUT2D eigenvalue weighted by molar-refractivity contribution is 5.47. The molecular formula is C24H26O2.